The predicted molar refractivity (Wildman–Crippen MR) is 90.6 cm³/mol. The molecule has 2 atom stereocenters. The maximum atomic E-state index is 5.53. The van der Waals surface area contributed by atoms with Gasteiger partial charge >= 0.3 is 0 Å². The smallest absolute Gasteiger partial charge is 0.191 e. The first-order valence-corrected chi connectivity index (χ1v) is 8.30. The van der Waals surface area contributed by atoms with Crippen LogP contribution >= 0.6 is 0 Å². The minimum Gasteiger partial charge on any atom is -0.496 e. The highest BCUT2D eigenvalue weighted by Gasteiger charge is 2.53. The van der Waals surface area contributed by atoms with Crippen molar-refractivity contribution in [1.82, 2.24) is 10.6 Å². The summed E-state index contributed by atoms with van der Waals surface area (Å²) in [6.07, 6.45) is 6.29. The summed E-state index contributed by atoms with van der Waals surface area (Å²) in [4.78, 5) is 4.40. The van der Waals surface area contributed by atoms with E-state index < -0.39 is 0 Å². The van der Waals surface area contributed by atoms with E-state index in [0.717, 1.165) is 18.1 Å². The summed E-state index contributed by atoms with van der Waals surface area (Å²) in [7, 11) is 3.60. The highest BCUT2D eigenvalue weighted by molar-refractivity contribution is 5.81. The molecule has 0 amide bonds. The van der Waals surface area contributed by atoms with Gasteiger partial charge in [-0.2, -0.15) is 0 Å². The Labute approximate surface area is 133 Å². The largest absolute Gasteiger partial charge is 0.496 e. The molecule has 1 aromatic carbocycles. The number of guanidine groups is 1. The van der Waals surface area contributed by atoms with Crippen LogP contribution in [0, 0.1) is 0 Å². The molecule has 2 unspecified atom stereocenters. The first-order valence-electron chi connectivity index (χ1n) is 8.30. The van der Waals surface area contributed by atoms with Crippen LogP contribution in [0.1, 0.15) is 44.6 Å². The van der Waals surface area contributed by atoms with Crippen molar-refractivity contribution >= 4 is 5.96 Å². The molecule has 0 aliphatic heterocycles. The third kappa shape index (κ3) is 2.92. The van der Waals surface area contributed by atoms with Crippen molar-refractivity contribution in [2.24, 2.45) is 4.99 Å². The Kier molecular flexibility index (Phi) is 4.27. The molecule has 4 heteroatoms. The molecule has 0 spiro atoms. The standard InChI is InChI=1S/C18H27N3O/c1-18(14-10-6-7-11-15(14)22-3)12-16(18)21-17(19-2)20-13-8-4-5-9-13/h6-7,10-11,13,16H,4-5,8-9,12H2,1-3H3,(H2,19,20,21). The van der Waals surface area contributed by atoms with Crippen molar-refractivity contribution < 1.29 is 4.74 Å². The number of nitrogens with one attached hydrogen (secondary N) is 2. The van der Waals surface area contributed by atoms with Gasteiger partial charge in [-0.05, 0) is 25.3 Å². The molecule has 0 radical (unpaired) electrons. The van der Waals surface area contributed by atoms with E-state index in [1.807, 2.05) is 19.2 Å². The Morgan fingerprint density at radius 3 is 2.64 bits per heavy atom. The zero-order valence-corrected chi connectivity index (χ0v) is 13.9. The molecular weight excluding hydrogens is 274 g/mol. The number of ether oxygens (including phenoxy) is 1. The fraction of sp³-hybridized carbons (Fsp3) is 0.611. The Morgan fingerprint density at radius 1 is 1.23 bits per heavy atom. The first-order chi connectivity index (χ1) is 10.7. The lowest BCUT2D eigenvalue weighted by Crippen LogP contribution is -2.44. The molecule has 2 N–H and O–H groups in total. The lowest BCUT2D eigenvalue weighted by molar-refractivity contribution is 0.404. The third-order valence-corrected chi connectivity index (χ3v) is 5.19. The lowest BCUT2D eigenvalue weighted by Gasteiger charge is -2.20. The van der Waals surface area contributed by atoms with Gasteiger partial charge in [-0.3, -0.25) is 4.99 Å². The number of aliphatic imine (C=N–C) groups is 1. The number of hydrogen-bond acceptors (Lipinski definition) is 2. The lowest BCUT2D eigenvalue weighted by atomic mass is 9.96. The minimum absolute atomic E-state index is 0.125. The quantitative estimate of drug-likeness (QED) is 0.664. The van der Waals surface area contributed by atoms with E-state index in [0.29, 0.717) is 12.1 Å². The van der Waals surface area contributed by atoms with E-state index in [1.165, 1.54) is 31.2 Å². The van der Waals surface area contributed by atoms with Crippen molar-refractivity contribution in [3.8, 4) is 5.75 Å². The molecule has 2 aliphatic rings. The second-order valence-corrected chi connectivity index (χ2v) is 6.72. The molecule has 2 fully saturated rings. The van der Waals surface area contributed by atoms with Gasteiger partial charge in [0.25, 0.3) is 0 Å². The van der Waals surface area contributed by atoms with Gasteiger partial charge in [0.2, 0.25) is 0 Å². The Balaban J connectivity index is 1.65. The Hall–Kier alpha value is -1.71. The van der Waals surface area contributed by atoms with Gasteiger partial charge < -0.3 is 15.4 Å². The van der Waals surface area contributed by atoms with Crippen LogP contribution in [0.25, 0.3) is 0 Å². The second-order valence-electron chi connectivity index (χ2n) is 6.72. The maximum Gasteiger partial charge on any atom is 0.191 e. The van der Waals surface area contributed by atoms with Crippen LogP contribution in [0.15, 0.2) is 29.3 Å². The number of hydrogen-bond donors (Lipinski definition) is 2. The van der Waals surface area contributed by atoms with Gasteiger partial charge in [-0.15, -0.1) is 0 Å². The molecular formula is C18H27N3O. The number of methoxy groups -OCH3 is 1. The van der Waals surface area contributed by atoms with E-state index >= 15 is 0 Å². The summed E-state index contributed by atoms with van der Waals surface area (Å²) in [6, 6.07) is 9.33. The molecule has 0 aromatic heterocycles. The Bertz CT molecular complexity index is 551. The van der Waals surface area contributed by atoms with Gasteiger partial charge in [0.05, 0.1) is 7.11 Å². The minimum atomic E-state index is 0.125. The fourth-order valence-corrected chi connectivity index (χ4v) is 3.59. The predicted octanol–water partition coefficient (Wildman–Crippen LogP) is 2.83. The molecule has 2 aliphatic carbocycles. The van der Waals surface area contributed by atoms with Crippen LogP contribution in [-0.4, -0.2) is 32.2 Å². The summed E-state index contributed by atoms with van der Waals surface area (Å²) in [6.45, 7) is 2.30. The Morgan fingerprint density at radius 2 is 1.95 bits per heavy atom. The monoisotopic (exact) mass is 301 g/mol. The SMILES string of the molecule is CN=C(NC1CCCC1)NC1CC1(C)c1ccccc1OC. The molecule has 4 nitrogen and oxygen atoms in total. The third-order valence-electron chi connectivity index (χ3n) is 5.19. The first kappa shape index (κ1) is 15.2. The summed E-state index contributed by atoms with van der Waals surface area (Å²) in [5, 5.41) is 7.15. The molecule has 1 aromatic rings. The van der Waals surface area contributed by atoms with E-state index in [2.05, 4.69) is 34.7 Å². The van der Waals surface area contributed by atoms with Gasteiger partial charge in [0.1, 0.15) is 5.75 Å². The number of para-hydroxylation sites is 1. The molecule has 0 saturated heterocycles. The van der Waals surface area contributed by atoms with Crippen molar-refractivity contribution in [1.29, 1.82) is 0 Å². The summed E-state index contributed by atoms with van der Waals surface area (Å²) in [5.41, 5.74) is 1.41. The molecule has 22 heavy (non-hydrogen) atoms. The topological polar surface area (TPSA) is 45.7 Å². The van der Waals surface area contributed by atoms with Crippen LogP contribution in [0.5, 0.6) is 5.75 Å². The van der Waals surface area contributed by atoms with Crippen molar-refractivity contribution in [2.45, 2.75) is 56.5 Å². The molecule has 0 heterocycles. The second kappa shape index (κ2) is 6.19. The molecule has 0 bridgehead atoms. The van der Waals surface area contributed by atoms with Gasteiger partial charge in [-0.25, -0.2) is 0 Å². The highest BCUT2D eigenvalue weighted by Crippen LogP contribution is 2.50. The van der Waals surface area contributed by atoms with Crippen LogP contribution in [0.3, 0.4) is 0 Å². The summed E-state index contributed by atoms with van der Waals surface area (Å²) >= 11 is 0. The zero-order valence-electron chi connectivity index (χ0n) is 13.9. The van der Waals surface area contributed by atoms with Crippen molar-refractivity contribution in [3.05, 3.63) is 29.8 Å². The maximum absolute atomic E-state index is 5.53. The highest BCUT2D eigenvalue weighted by atomic mass is 16.5. The molecule has 2 saturated carbocycles. The zero-order chi connectivity index (χ0) is 15.6. The number of nitrogens with zero attached hydrogens (tertiary/aromatic N) is 1. The normalized spacial score (nSPS) is 28.5. The molecule has 3 rings (SSSR count). The fourth-order valence-electron chi connectivity index (χ4n) is 3.59. The van der Waals surface area contributed by atoms with Crippen LogP contribution in [0.4, 0.5) is 0 Å². The van der Waals surface area contributed by atoms with Gasteiger partial charge in [-0.1, -0.05) is 38.0 Å². The summed E-state index contributed by atoms with van der Waals surface area (Å²) < 4.78 is 5.53. The van der Waals surface area contributed by atoms with Crippen molar-refractivity contribution in [2.75, 3.05) is 14.2 Å². The van der Waals surface area contributed by atoms with Crippen LogP contribution in [0.2, 0.25) is 0 Å². The van der Waals surface area contributed by atoms with E-state index in [-0.39, 0.29) is 5.41 Å². The average Bonchev–Trinajstić information content (AvgIpc) is 2.96. The van der Waals surface area contributed by atoms with Crippen LogP contribution in [-0.2, 0) is 5.41 Å². The van der Waals surface area contributed by atoms with E-state index in [4.69, 9.17) is 4.74 Å². The van der Waals surface area contributed by atoms with Crippen molar-refractivity contribution in [3.63, 3.8) is 0 Å². The molecule has 120 valence electrons. The summed E-state index contributed by atoms with van der Waals surface area (Å²) in [5.74, 6) is 1.92. The van der Waals surface area contributed by atoms with Crippen LogP contribution < -0.4 is 15.4 Å². The number of rotatable bonds is 4. The van der Waals surface area contributed by atoms with E-state index in [9.17, 15) is 0 Å². The van der Waals surface area contributed by atoms with Gasteiger partial charge in [0, 0.05) is 30.1 Å². The average molecular weight is 301 g/mol. The number of benzene rings is 1. The van der Waals surface area contributed by atoms with Gasteiger partial charge in [0.15, 0.2) is 5.96 Å². The van der Waals surface area contributed by atoms with E-state index in [1.54, 1.807) is 7.11 Å².